The number of hydrogen-bond donors (Lipinski definition) is 0. The molecule has 0 saturated carbocycles. The maximum Gasteiger partial charge on any atom is 0.164 e. The second-order valence-electron chi connectivity index (χ2n) is 12.0. The summed E-state index contributed by atoms with van der Waals surface area (Å²) in [7, 11) is 0. The molecule has 1 aliphatic heterocycles. The Morgan fingerprint density at radius 3 is 1.54 bits per heavy atom. The first-order chi connectivity index (χ1) is 23.8. The summed E-state index contributed by atoms with van der Waals surface area (Å²) in [6.07, 6.45) is 0. The fourth-order valence-corrected chi connectivity index (χ4v) is 7.06. The molecule has 3 heterocycles. The van der Waals surface area contributed by atoms with Gasteiger partial charge in [0.1, 0.15) is 11.5 Å². The lowest BCUT2D eigenvalue weighted by Gasteiger charge is -2.18. The van der Waals surface area contributed by atoms with Gasteiger partial charge in [0.25, 0.3) is 0 Å². The van der Waals surface area contributed by atoms with Gasteiger partial charge in [0.15, 0.2) is 17.5 Å². The van der Waals surface area contributed by atoms with Crippen LogP contribution in [0.5, 0.6) is 11.5 Å². The number of rotatable bonds is 5. The van der Waals surface area contributed by atoms with Gasteiger partial charge in [-0.05, 0) is 65.0 Å². The minimum absolute atomic E-state index is 0.633. The highest BCUT2D eigenvalue weighted by molar-refractivity contribution is 6.27. The topological polar surface area (TPSA) is 52.8 Å². The van der Waals surface area contributed by atoms with Crippen molar-refractivity contribution in [2.75, 3.05) is 0 Å². The molecule has 1 aliphatic rings. The van der Waals surface area contributed by atoms with Crippen LogP contribution in [-0.4, -0.2) is 19.5 Å². The molecule has 10 rings (SSSR count). The summed E-state index contributed by atoms with van der Waals surface area (Å²) in [6.45, 7) is 0. The number of benzene rings is 7. The van der Waals surface area contributed by atoms with E-state index < -0.39 is 0 Å². The molecule has 0 atom stereocenters. The van der Waals surface area contributed by atoms with E-state index in [2.05, 4.69) is 102 Å². The molecule has 7 aromatic carbocycles. The fourth-order valence-electron chi connectivity index (χ4n) is 7.06. The third-order valence-corrected chi connectivity index (χ3v) is 9.25. The van der Waals surface area contributed by atoms with Crippen molar-refractivity contribution in [3.63, 3.8) is 0 Å². The second kappa shape index (κ2) is 10.5. The molecule has 0 fully saturated rings. The van der Waals surface area contributed by atoms with E-state index in [1.54, 1.807) is 0 Å². The van der Waals surface area contributed by atoms with Crippen molar-refractivity contribution in [3.8, 4) is 62.5 Å². The van der Waals surface area contributed by atoms with Gasteiger partial charge in [0.05, 0.1) is 16.4 Å². The summed E-state index contributed by atoms with van der Waals surface area (Å²) in [5.41, 5.74) is 8.52. The average Bonchev–Trinajstić information content (AvgIpc) is 3.51. The van der Waals surface area contributed by atoms with Gasteiger partial charge in [-0.1, -0.05) is 109 Å². The highest BCUT2D eigenvalue weighted by atomic mass is 16.5. The Morgan fingerprint density at radius 1 is 0.375 bits per heavy atom. The molecule has 2 aromatic heterocycles. The predicted octanol–water partition coefficient (Wildman–Crippen LogP) is 10.9. The number of hydrogen-bond acceptors (Lipinski definition) is 4. The van der Waals surface area contributed by atoms with Crippen LogP contribution in [0, 0.1) is 0 Å². The van der Waals surface area contributed by atoms with Crippen molar-refractivity contribution in [2.45, 2.75) is 0 Å². The van der Waals surface area contributed by atoms with Crippen LogP contribution in [0.3, 0.4) is 0 Å². The second-order valence-corrected chi connectivity index (χ2v) is 12.0. The third-order valence-electron chi connectivity index (χ3n) is 9.25. The molecule has 0 amide bonds. The van der Waals surface area contributed by atoms with Crippen LogP contribution in [-0.2, 0) is 0 Å². The van der Waals surface area contributed by atoms with Crippen molar-refractivity contribution in [1.29, 1.82) is 0 Å². The molecule has 5 heteroatoms. The van der Waals surface area contributed by atoms with E-state index in [4.69, 9.17) is 19.7 Å². The van der Waals surface area contributed by atoms with Gasteiger partial charge in [-0.2, -0.15) is 0 Å². The Labute approximate surface area is 276 Å². The van der Waals surface area contributed by atoms with Crippen molar-refractivity contribution in [1.82, 2.24) is 19.5 Å². The Kier molecular flexibility index (Phi) is 5.81. The zero-order chi connectivity index (χ0) is 31.6. The molecular formula is C43H26N4O. The maximum atomic E-state index is 6.56. The molecule has 0 unspecified atom stereocenters. The zero-order valence-electron chi connectivity index (χ0n) is 25.7. The van der Waals surface area contributed by atoms with Gasteiger partial charge < -0.3 is 9.30 Å². The van der Waals surface area contributed by atoms with Gasteiger partial charge >= 0.3 is 0 Å². The largest absolute Gasteiger partial charge is 0.456 e. The van der Waals surface area contributed by atoms with Crippen LogP contribution >= 0.6 is 0 Å². The first kappa shape index (κ1) is 26.6. The van der Waals surface area contributed by atoms with Gasteiger partial charge in [0.2, 0.25) is 0 Å². The Balaban J connectivity index is 1.15. The van der Waals surface area contributed by atoms with E-state index in [0.717, 1.165) is 55.7 Å². The summed E-state index contributed by atoms with van der Waals surface area (Å²) in [4.78, 5) is 14.7. The van der Waals surface area contributed by atoms with E-state index >= 15 is 0 Å². The van der Waals surface area contributed by atoms with Crippen LogP contribution in [0.1, 0.15) is 0 Å². The molecule has 0 radical (unpaired) electrons. The Hall–Kier alpha value is -6.59. The summed E-state index contributed by atoms with van der Waals surface area (Å²) >= 11 is 0. The fraction of sp³-hybridized carbons (Fsp3) is 0. The lowest BCUT2D eigenvalue weighted by Crippen LogP contribution is -2.00. The predicted molar refractivity (Wildman–Crippen MR) is 193 cm³/mol. The molecule has 48 heavy (non-hydrogen) atoms. The van der Waals surface area contributed by atoms with Gasteiger partial charge in [-0.15, -0.1) is 0 Å². The lowest BCUT2D eigenvalue weighted by atomic mass is 9.94. The maximum absolute atomic E-state index is 6.56. The molecule has 0 N–H and O–H groups in total. The van der Waals surface area contributed by atoms with E-state index in [1.807, 2.05) is 60.7 Å². The minimum atomic E-state index is 0.633. The van der Waals surface area contributed by atoms with Crippen molar-refractivity contribution < 1.29 is 4.74 Å². The quantitative estimate of drug-likeness (QED) is 0.194. The molecule has 0 spiro atoms. The number of ether oxygens (including phenoxy) is 1. The Bertz CT molecular complexity index is 2610. The summed E-state index contributed by atoms with van der Waals surface area (Å²) in [5.74, 6) is 3.70. The molecule has 0 bridgehead atoms. The number of nitrogens with zero attached hydrogens (tertiary/aromatic N) is 4. The molecular weight excluding hydrogens is 589 g/mol. The van der Waals surface area contributed by atoms with Crippen molar-refractivity contribution in [2.24, 2.45) is 0 Å². The monoisotopic (exact) mass is 614 g/mol. The van der Waals surface area contributed by atoms with E-state index in [0.29, 0.717) is 17.5 Å². The van der Waals surface area contributed by atoms with Crippen LogP contribution in [0.25, 0.3) is 83.6 Å². The number of aromatic nitrogens is 4. The summed E-state index contributed by atoms with van der Waals surface area (Å²) < 4.78 is 8.90. The standard InChI is InChI=1S/C43H26N4O/c1-4-11-27(12-5-1)32-24-26-37-38-33(32)23-25-35-40(38)39-34(17-10-18-36(39)48-37)47(35)31-21-19-30(20-22-31)43-45-41(28-13-6-2-7-14-28)44-42(46-43)29-15-8-3-9-16-29/h1-26H. The van der Waals surface area contributed by atoms with Crippen molar-refractivity contribution >= 4 is 32.6 Å². The summed E-state index contributed by atoms with van der Waals surface area (Å²) in [5, 5.41) is 4.70. The molecule has 0 aliphatic carbocycles. The molecule has 5 nitrogen and oxygen atoms in total. The van der Waals surface area contributed by atoms with E-state index in [-0.39, 0.29) is 0 Å². The average molecular weight is 615 g/mol. The SMILES string of the molecule is c1ccc(-c2nc(-c3ccccc3)nc(-c3ccc(-n4c5cccc6c5c5c7c(ccc(-c8ccccc8)c7ccc54)O6)cc3)n2)cc1. The van der Waals surface area contributed by atoms with Gasteiger partial charge in [0, 0.05) is 33.2 Å². The van der Waals surface area contributed by atoms with Gasteiger partial charge in [-0.25, -0.2) is 15.0 Å². The third kappa shape index (κ3) is 4.08. The molecule has 224 valence electrons. The first-order valence-electron chi connectivity index (χ1n) is 16.0. The zero-order valence-corrected chi connectivity index (χ0v) is 25.7. The van der Waals surface area contributed by atoms with E-state index in [1.165, 1.54) is 21.9 Å². The highest BCUT2D eigenvalue weighted by Crippen LogP contribution is 2.50. The summed E-state index contributed by atoms with van der Waals surface area (Å²) in [6, 6.07) is 54.3. The Morgan fingerprint density at radius 2 is 0.917 bits per heavy atom. The molecule has 0 saturated heterocycles. The van der Waals surface area contributed by atoms with Crippen LogP contribution < -0.4 is 4.74 Å². The first-order valence-corrected chi connectivity index (χ1v) is 16.0. The van der Waals surface area contributed by atoms with Crippen LogP contribution in [0.2, 0.25) is 0 Å². The smallest absolute Gasteiger partial charge is 0.164 e. The minimum Gasteiger partial charge on any atom is -0.456 e. The van der Waals surface area contributed by atoms with Gasteiger partial charge in [-0.3, -0.25) is 0 Å². The van der Waals surface area contributed by atoms with E-state index in [9.17, 15) is 0 Å². The van der Waals surface area contributed by atoms with Crippen LogP contribution in [0.15, 0.2) is 158 Å². The normalized spacial score (nSPS) is 11.9. The van der Waals surface area contributed by atoms with Crippen LogP contribution in [0.4, 0.5) is 0 Å². The highest BCUT2D eigenvalue weighted by Gasteiger charge is 2.25. The van der Waals surface area contributed by atoms with Crippen molar-refractivity contribution in [3.05, 3.63) is 158 Å². The lowest BCUT2D eigenvalue weighted by molar-refractivity contribution is 0.493. The molecule has 9 aromatic rings.